The monoisotopic (exact) mass is 618 g/mol. The average molecular weight is 619 g/mol. The fraction of sp³-hybridized carbons (Fsp3) is 0.176. The van der Waals surface area contributed by atoms with Gasteiger partial charge in [0.25, 0.3) is 5.56 Å². The van der Waals surface area contributed by atoms with Crippen molar-refractivity contribution in [2.45, 2.75) is 25.2 Å². The third kappa shape index (κ3) is 5.17. The summed E-state index contributed by atoms with van der Waals surface area (Å²) in [5, 5.41) is 11.6. The Morgan fingerprint density at radius 1 is 0.977 bits per heavy atom. The van der Waals surface area contributed by atoms with Gasteiger partial charge in [0.2, 0.25) is 0 Å². The summed E-state index contributed by atoms with van der Waals surface area (Å²) in [6.07, 6.45) is -4.54. The topological polar surface area (TPSA) is 71.8 Å². The molecule has 0 saturated heterocycles. The maximum atomic E-state index is 13.9. The van der Waals surface area contributed by atoms with Gasteiger partial charge >= 0.3 is 12.1 Å². The molecule has 224 valence electrons. The van der Waals surface area contributed by atoms with Gasteiger partial charge in [-0.25, -0.2) is 4.79 Å². The fourth-order valence-electron chi connectivity index (χ4n) is 5.98. The first-order valence-corrected chi connectivity index (χ1v) is 14.2. The molecule has 5 aromatic rings. The van der Waals surface area contributed by atoms with E-state index in [1.807, 2.05) is 60.7 Å². The van der Waals surface area contributed by atoms with Gasteiger partial charge in [-0.05, 0) is 45.8 Å². The lowest BCUT2D eigenvalue weighted by molar-refractivity contribution is -0.140. The van der Waals surface area contributed by atoms with Crippen molar-refractivity contribution in [3.8, 4) is 16.9 Å². The molecule has 4 aromatic carbocycles. The van der Waals surface area contributed by atoms with Gasteiger partial charge in [-0.1, -0.05) is 84.4 Å². The van der Waals surface area contributed by atoms with Crippen LogP contribution in [0.2, 0.25) is 5.02 Å². The molecule has 1 N–H and O–H groups in total. The summed E-state index contributed by atoms with van der Waals surface area (Å²) in [5.74, 6) is -0.396. The normalized spacial score (nSPS) is 14.6. The summed E-state index contributed by atoms with van der Waals surface area (Å²) in [4.78, 5) is 28.1. The Labute approximate surface area is 255 Å². The Morgan fingerprint density at radius 3 is 2.36 bits per heavy atom. The third-order valence-electron chi connectivity index (χ3n) is 7.97. The van der Waals surface area contributed by atoms with Crippen LogP contribution in [-0.2, 0) is 23.9 Å². The van der Waals surface area contributed by atoms with Crippen LogP contribution in [0, 0.1) is 0 Å². The molecule has 44 heavy (non-hydrogen) atoms. The van der Waals surface area contributed by atoms with Crippen molar-refractivity contribution in [2.24, 2.45) is 0 Å². The highest BCUT2D eigenvalue weighted by molar-refractivity contribution is 6.32. The minimum atomic E-state index is -4.63. The van der Waals surface area contributed by atoms with Crippen molar-refractivity contribution in [1.29, 1.82) is 0 Å². The van der Waals surface area contributed by atoms with Crippen LogP contribution < -0.4 is 15.2 Å². The standard InChI is InChI=1S/C34H26ClF3N2O4/c1-44-28-15-14-21(24-12-5-6-13-25(24)28)17-26-29(22-10-7-11-23(16-22)34(36,37)38)31-39(18-20-8-3-2-4-9-20)19-27(33(42)43)40(31)32(41)30(26)35/h2-16,27H,17-19H2,1H3,(H,42,43). The largest absolute Gasteiger partial charge is 0.496 e. The highest BCUT2D eigenvalue weighted by Gasteiger charge is 2.39. The first-order valence-electron chi connectivity index (χ1n) is 13.8. The number of hydrogen-bond donors (Lipinski definition) is 1. The van der Waals surface area contributed by atoms with Crippen LogP contribution in [-0.4, -0.2) is 29.3 Å². The van der Waals surface area contributed by atoms with Gasteiger partial charge in [-0.15, -0.1) is 0 Å². The van der Waals surface area contributed by atoms with Crippen LogP contribution in [0.25, 0.3) is 21.9 Å². The van der Waals surface area contributed by atoms with E-state index >= 15 is 0 Å². The number of pyridine rings is 1. The highest BCUT2D eigenvalue weighted by Crippen LogP contribution is 2.44. The van der Waals surface area contributed by atoms with E-state index in [4.69, 9.17) is 16.3 Å². The van der Waals surface area contributed by atoms with Gasteiger partial charge in [0.05, 0.1) is 19.2 Å². The first-order chi connectivity index (χ1) is 21.1. The number of benzene rings is 4. The molecule has 1 aromatic heterocycles. The second kappa shape index (κ2) is 11.4. The van der Waals surface area contributed by atoms with Gasteiger partial charge in [-0.3, -0.25) is 9.36 Å². The van der Waals surface area contributed by atoms with Crippen molar-refractivity contribution >= 4 is 34.2 Å². The van der Waals surface area contributed by atoms with Gasteiger partial charge in [-0.2, -0.15) is 13.2 Å². The van der Waals surface area contributed by atoms with Gasteiger partial charge < -0.3 is 14.7 Å². The first kappa shape index (κ1) is 29.3. The van der Waals surface area contributed by atoms with Crippen molar-refractivity contribution in [3.63, 3.8) is 0 Å². The number of fused-ring (bicyclic) bond motifs is 2. The Hall–Kier alpha value is -4.76. The SMILES string of the molecule is COc1ccc(Cc2c(-c3cccc(C(F)(F)F)c3)c3n(c(=O)c2Cl)C(C(=O)O)CN3Cc2ccccc2)c2ccccc12. The summed E-state index contributed by atoms with van der Waals surface area (Å²) in [6.45, 7) is 0.152. The molecule has 0 amide bonds. The molecule has 0 fully saturated rings. The van der Waals surface area contributed by atoms with E-state index in [9.17, 15) is 27.9 Å². The molecule has 0 saturated carbocycles. The Balaban J connectivity index is 1.66. The van der Waals surface area contributed by atoms with Crippen molar-refractivity contribution < 1.29 is 27.8 Å². The lowest BCUT2D eigenvalue weighted by Gasteiger charge is -2.25. The molecule has 6 nitrogen and oxygen atoms in total. The number of alkyl halides is 3. The van der Waals surface area contributed by atoms with Crippen LogP contribution in [0.1, 0.15) is 28.3 Å². The molecule has 2 heterocycles. The summed E-state index contributed by atoms with van der Waals surface area (Å²) in [5.41, 5.74) is 0.769. The smallest absolute Gasteiger partial charge is 0.416 e. The molecule has 1 atom stereocenters. The molecule has 0 bridgehead atoms. The number of hydrogen-bond acceptors (Lipinski definition) is 4. The van der Waals surface area contributed by atoms with Crippen LogP contribution in [0.5, 0.6) is 5.75 Å². The quantitative estimate of drug-likeness (QED) is 0.204. The number of aliphatic carboxylic acids is 1. The number of halogens is 4. The van der Waals surface area contributed by atoms with E-state index in [1.165, 1.54) is 12.1 Å². The Kier molecular flexibility index (Phi) is 7.59. The number of carboxylic acid groups (broad SMARTS) is 1. The van der Waals surface area contributed by atoms with Gasteiger partial charge in [0.15, 0.2) is 6.04 Å². The number of rotatable bonds is 7. The molecular formula is C34H26ClF3N2O4. The number of nitrogens with zero attached hydrogens (tertiary/aromatic N) is 2. The second-order valence-electron chi connectivity index (χ2n) is 10.6. The Morgan fingerprint density at radius 2 is 1.68 bits per heavy atom. The Bertz CT molecular complexity index is 1960. The number of ether oxygens (including phenoxy) is 1. The van der Waals surface area contributed by atoms with E-state index < -0.39 is 29.3 Å². The van der Waals surface area contributed by atoms with E-state index in [0.717, 1.165) is 38.6 Å². The number of carbonyl (C=O) groups is 1. The van der Waals surface area contributed by atoms with Crippen LogP contribution in [0.3, 0.4) is 0 Å². The summed E-state index contributed by atoms with van der Waals surface area (Å²) < 4.78 is 48.5. The number of anilines is 1. The molecule has 6 rings (SSSR count). The van der Waals surface area contributed by atoms with E-state index in [-0.39, 0.29) is 41.5 Å². The summed E-state index contributed by atoms with van der Waals surface area (Å²) in [6, 6.07) is 23.9. The van der Waals surface area contributed by atoms with Crippen LogP contribution in [0.15, 0.2) is 95.8 Å². The van der Waals surface area contributed by atoms with E-state index in [1.54, 1.807) is 18.1 Å². The molecule has 10 heteroatoms. The zero-order chi connectivity index (χ0) is 31.2. The zero-order valence-electron chi connectivity index (χ0n) is 23.4. The minimum absolute atomic E-state index is 0.0727. The summed E-state index contributed by atoms with van der Waals surface area (Å²) in [7, 11) is 1.56. The van der Waals surface area contributed by atoms with Crippen molar-refractivity contribution in [3.05, 3.63) is 129 Å². The molecule has 1 aliphatic heterocycles. The predicted octanol–water partition coefficient (Wildman–Crippen LogP) is 7.59. The molecule has 1 unspecified atom stereocenters. The zero-order valence-corrected chi connectivity index (χ0v) is 24.2. The maximum Gasteiger partial charge on any atom is 0.416 e. The second-order valence-corrected chi connectivity index (χ2v) is 11.0. The molecular weight excluding hydrogens is 593 g/mol. The minimum Gasteiger partial charge on any atom is -0.496 e. The van der Waals surface area contributed by atoms with E-state index in [0.29, 0.717) is 11.3 Å². The van der Waals surface area contributed by atoms with Gasteiger partial charge in [0.1, 0.15) is 16.6 Å². The average Bonchev–Trinajstić information content (AvgIpc) is 3.39. The van der Waals surface area contributed by atoms with Gasteiger partial charge in [0, 0.05) is 23.9 Å². The van der Waals surface area contributed by atoms with Crippen LogP contribution >= 0.6 is 11.6 Å². The van der Waals surface area contributed by atoms with Crippen molar-refractivity contribution in [2.75, 3.05) is 18.6 Å². The number of methoxy groups -OCH3 is 1. The lowest BCUT2D eigenvalue weighted by Crippen LogP contribution is -2.29. The summed E-state index contributed by atoms with van der Waals surface area (Å²) >= 11 is 6.81. The molecule has 0 aliphatic carbocycles. The number of carboxylic acids is 1. The number of aromatic nitrogens is 1. The van der Waals surface area contributed by atoms with Crippen LogP contribution in [0.4, 0.5) is 19.0 Å². The van der Waals surface area contributed by atoms with Crippen molar-refractivity contribution in [1.82, 2.24) is 4.57 Å². The lowest BCUT2D eigenvalue weighted by atomic mass is 9.91. The molecule has 0 radical (unpaired) electrons. The fourth-order valence-corrected chi connectivity index (χ4v) is 6.23. The van der Waals surface area contributed by atoms with E-state index in [2.05, 4.69) is 0 Å². The predicted molar refractivity (Wildman–Crippen MR) is 164 cm³/mol. The maximum absolute atomic E-state index is 13.9. The third-order valence-corrected chi connectivity index (χ3v) is 8.36. The molecule has 1 aliphatic rings. The molecule has 0 spiro atoms. The highest BCUT2D eigenvalue weighted by atomic mass is 35.5.